The lowest BCUT2D eigenvalue weighted by molar-refractivity contribution is -0.123. The topological polar surface area (TPSA) is 79.6 Å². The van der Waals surface area contributed by atoms with Gasteiger partial charge in [-0.1, -0.05) is 23.8 Å². The number of hydrogen-bond acceptors (Lipinski definition) is 4. The molecule has 1 saturated carbocycles. The Bertz CT molecular complexity index is 967. The first kappa shape index (κ1) is 16.3. The third kappa shape index (κ3) is 2.36. The Hall–Kier alpha value is -2.86. The van der Waals surface area contributed by atoms with E-state index >= 15 is 0 Å². The Morgan fingerprint density at radius 1 is 1.11 bits per heavy atom. The van der Waals surface area contributed by atoms with Gasteiger partial charge in [-0.2, -0.15) is 0 Å². The average molecular weight is 383 g/mol. The van der Waals surface area contributed by atoms with Crippen LogP contribution >= 0.6 is 11.6 Å². The van der Waals surface area contributed by atoms with Crippen LogP contribution in [-0.4, -0.2) is 17.7 Å². The zero-order chi connectivity index (χ0) is 18.7. The molecule has 3 aliphatic rings. The van der Waals surface area contributed by atoms with E-state index in [1.54, 1.807) is 24.3 Å². The fourth-order valence-electron chi connectivity index (χ4n) is 4.49. The van der Waals surface area contributed by atoms with Gasteiger partial charge in [0.2, 0.25) is 11.8 Å². The predicted octanol–water partition coefficient (Wildman–Crippen LogP) is 3.50. The molecule has 2 bridgehead atoms. The number of furan rings is 1. The van der Waals surface area contributed by atoms with Crippen LogP contribution in [0.2, 0.25) is 5.02 Å². The van der Waals surface area contributed by atoms with E-state index in [0.717, 1.165) is 6.42 Å². The summed E-state index contributed by atoms with van der Waals surface area (Å²) in [6.07, 6.45) is 6.41. The number of fused-ring (bicyclic) bond motifs is 5. The molecule has 3 amide bonds. The normalized spacial score (nSPS) is 28.1. The molecule has 27 heavy (non-hydrogen) atoms. The summed E-state index contributed by atoms with van der Waals surface area (Å²) in [5.74, 6) is -0.798. The maximum absolute atomic E-state index is 12.9. The van der Waals surface area contributed by atoms with Gasteiger partial charge in [0.05, 0.1) is 34.5 Å². The molecule has 1 N–H and O–H groups in total. The molecule has 1 aromatic carbocycles. The molecule has 1 aliphatic heterocycles. The van der Waals surface area contributed by atoms with Crippen LogP contribution in [0, 0.1) is 23.7 Å². The van der Waals surface area contributed by atoms with E-state index < -0.39 is 5.91 Å². The second-order valence-electron chi connectivity index (χ2n) is 7.11. The van der Waals surface area contributed by atoms with E-state index in [1.807, 2.05) is 0 Å². The first-order chi connectivity index (χ1) is 13.0. The third-order valence-electron chi connectivity index (χ3n) is 5.67. The van der Waals surface area contributed by atoms with Gasteiger partial charge in [-0.15, -0.1) is 0 Å². The molecule has 0 spiro atoms. The Morgan fingerprint density at radius 3 is 2.41 bits per heavy atom. The van der Waals surface area contributed by atoms with E-state index in [9.17, 15) is 14.4 Å². The van der Waals surface area contributed by atoms with Crippen LogP contribution < -0.4 is 10.2 Å². The third-order valence-corrected chi connectivity index (χ3v) is 5.99. The number of nitrogens with one attached hydrogen (secondary N) is 1. The first-order valence-electron chi connectivity index (χ1n) is 8.75. The smallest absolute Gasteiger partial charge is 0.291 e. The molecular formula is C20H15ClN2O4. The van der Waals surface area contributed by atoms with Crippen molar-refractivity contribution in [2.45, 2.75) is 6.42 Å². The van der Waals surface area contributed by atoms with Crippen LogP contribution in [0.5, 0.6) is 0 Å². The van der Waals surface area contributed by atoms with Crippen LogP contribution in [0.3, 0.4) is 0 Å². The highest BCUT2D eigenvalue weighted by Gasteiger charge is 2.59. The second-order valence-corrected chi connectivity index (χ2v) is 7.51. The summed E-state index contributed by atoms with van der Waals surface area (Å²) in [7, 11) is 0. The largest absolute Gasteiger partial charge is 0.459 e. The van der Waals surface area contributed by atoms with E-state index in [4.69, 9.17) is 16.0 Å². The molecule has 4 atom stereocenters. The number of amides is 3. The van der Waals surface area contributed by atoms with E-state index in [-0.39, 0.29) is 46.3 Å². The zero-order valence-electron chi connectivity index (χ0n) is 14.1. The summed E-state index contributed by atoms with van der Waals surface area (Å²) in [5.41, 5.74) is 0.808. The molecule has 5 rings (SSSR count). The number of hydrogen-bond donors (Lipinski definition) is 1. The lowest BCUT2D eigenvalue weighted by Gasteiger charge is -2.18. The summed E-state index contributed by atoms with van der Waals surface area (Å²) < 4.78 is 5.05. The van der Waals surface area contributed by atoms with Crippen molar-refractivity contribution in [3.8, 4) is 0 Å². The van der Waals surface area contributed by atoms with Gasteiger partial charge in [0, 0.05) is 0 Å². The van der Waals surface area contributed by atoms with Crippen molar-refractivity contribution < 1.29 is 18.8 Å². The molecule has 1 saturated heterocycles. The molecule has 4 unspecified atom stereocenters. The number of halogens is 1. The molecule has 1 aromatic heterocycles. The SMILES string of the molecule is O=C(Nc1ccc(N2C(=O)C3C4C=CC(C4)C3C2=O)cc1Cl)c1ccco1. The lowest BCUT2D eigenvalue weighted by atomic mass is 9.85. The van der Waals surface area contributed by atoms with Gasteiger partial charge in [0.15, 0.2) is 5.76 Å². The molecule has 2 fully saturated rings. The quantitative estimate of drug-likeness (QED) is 0.651. The van der Waals surface area contributed by atoms with Gasteiger partial charge in [-0.05, 0) is 48.6 Å². The van der Waals surface area contributed by atoms with Crippen molar-refractivity contribution >= 4 is 40.7 Å². The highest BCUT2D eigenvalue weighted by atomic mass is 35.5. The molecule has 2 heterocycles. The van der Waals surface area contributed by atoms with Crippen LogP contribution in [0.15, 0.2) is 53.2 Å². The second kappa shape index (κ2) is 5.82. The minimum Gasteiger partial charge on any atom is -0.459 e. The van der Waals surface area contributed by atoms with Gasteiger partial charge in [0.25, 0.3) is 5.91 Å². The maximum atomic E-state index is 12.9. The summed E-state index contributed by atoms with van der Waals surface area (Å²) >= 11 is 6.29. The Labute approximate surface area is 159 Å². The number of carbonyl (C=O) groups excluding carboxylic acids is 3. The van der Waals surface area contributed by atoms with Crippen molar-refractivity contribution in [2.24, 2.45) is 23.7 Å². The zero-order valence-corrected chi connectivity index (χ0v) is 14.8. The minimum atomic E-state index is -0.430. The molecule has 0 radical (unpaired) electrons. The number of anilines is 2. The first-order valence-corrected chi connectivity index (χ1v) is 9.13. The van der Waals surface area contributed by atoms with Crippen LogP contribution in [-0.2, 0) is 9.59 Å². The van der Waals surface area contributed by atoms with Crippen molar-refractivity contribution in [3.63, 3.8) is 0 Å². The van der Waals surface area contributed by atoms with Crippen molar-refractivity contribution in [3.05, 3.63) is 59.5 Å². The highest BCUT2D eigenvalue weighted by Crippen LogP contribution is 2.53. The van der Waals surface area contributed by atoms with Gasteiger partial charge in [-0.25, -0.2) is 4.90 Å². The van der Waals surface area contributed by atoms with Crippen LogP contribution in [0.4, 0.5) is 11.4 Å². The van der Waals surface area contributed by atoms with Crippen LogP contribution in [0.25, 0.3) is 0 Å². The number of allylic oxidation sites excluding steroid dienone is 2. The Morgan fingerprint density at radius 2 is 1.81 bits per heavy atom. The minimum absolute atomic E-state index is 0.156. The molecule has 2 aromatic rings. The van der Waals surface area contributed by atoms with E-state index in [1.165, 1.54) is 17.2 Å². The monoisotopic (exact) mass is 382 g/mol. The van der Waals surface area contributed by atoms with Gasteiger partial charge < -0.3 is 9.73 Å². The molecule has 136 valence electrons. The highest BCUT2D eigenvalue weighted by molar-refractivity contribution is 6.34. The van der Waals surface area contributed by atoms with Crippen molar-refractivity contribution in [2.75, 3.05) is 10.2 Å². The van der Waals surface area contributed by atoms with Gasteiger partial charge in [0.1, 0.15) is 0 Å². The molecular weight excluding hydrogens is 368 g/mol. The number of benzene rings is 1. The number of imide groups is 1. The number of nitrogens with zero attached hydrogens (tertiary/aromatic N) is 1. The molecule has 6 nitrogen and oxygen atoms in total. The summed E-state index contributed by atoms with van der Waals surface area (Å²) in [5, 5.41) is 2.90. The summed E-state index contributed by atoms with van der Waals surface area (Å²) in [6, 6.07) is 7.89. The van der Waals surface area contributed by atoms with E-state index in [0.29, 0.717) is 11.4 Å². The Balaban J connectivity index is 1.40. The fraction of sp³-hybridized carbons (Fsp3) is 0.250. The van der Waals surface area contributed by atoms with Crippen LogP contribution in [0.1, 0.15) is 17.0 Å². The predicted molar refractivity (Wildman–Crippen MR) is 98.3 cm³/mol. The Kier molecular flexibility index (Phi) is 3.52. The number of rotatable bonds is 3. The average Bonchev–Trinajstić information content (AvgIpc) is 3.42. The molecule has 7 heteroatoms. The summed E-state index contributed by atoms with van der Waals surface area (Å²) in [4.78, 5) is 39.1. The van der Waals surface area contributed by atoms with Gasteiger partial charge in [-0.3, -0.25) is 14.4 Å². The maximum Gasteiger partial charge on any atom is 0.291 e. The molecule has 2 aliphatic carbocycles. The number of carbonyl (C=O) groups is 3. The van der Waals surface area contributed by atoms with E-state index in [2.05, 4.69) is 17.5 Å². The fourth-order valence-corrected chi connectivity index (χ4v) is 4.71. The van der Waals surface area contributed by atoms with Gasteiger partial charge >= 0.3 is 0 Å². The standard InChI is InChI=1S/C20H15ClN2O4/c21-13-9-12(5-6-14(13)22-18(24)15-2-1-7-27-15)23-19(25)16-10-3-4-11(8-10)17(16)20(23)26/h1-7,9-11,16-17H,8H2,(H,22,24). The lowest BCUT2D eigenvalue weighted by Crippen LogP contribution is -2.32. The summed E-state index contributed by atoms with van der Waals surface area (Å²) in [6.45, 7) is 0. The van der Waals surface area contributed by atoms with Crippen molar-refractivity contribution in [1.82, 2.24) is 0 Å². The van der Waals surface area contributed by atoms with Crippen molar-refractivity contribution in [1.29, 1.82) is 0 Å².